The highest BCUT2D eigenvalue weighted by Crippen LogP contribution is 2.22. The standard InChI is InChI=1S/C14H18N2O5S3/c17-13-11-3-1-2-4-12(11)14(18)16(13)7-10-23-9-6-15-5-8-21-24(19,20)22/h1-4,15H,5-10H2,(H,19,20,22). The number of hydrogen-bond donors (Lipinski definition) is 2. The van der Waals surface area contributed by atoms with Crippen LogP contribution in [0.4, 0.5) is 0 Å². The molecule has 2 amide bonds. The molecule has 0 saturated carbocycles. The van der Waals surface area contributed by atoms with Gasteiger partial charge in [-0.3, -0.25) is 23.2 Å². The van der Waals surface area contributed by atoms with Crippen molar-refractivity contribution in [2.75, 3.05) is 37.7 Å². The number of imide groups is 1. The molecule has 0 aliphatic carbocycles. The number of nitrogens with zero attached hydrogens (tertiary/aromatic N) is 1. The number of fused-ring (bicyclic) bond motifs is 1. The van der Waals surface area contributed by atoms with Crippen molar-refractivity contribution in [3.05, 3.63) is 35.4 Å². The number of hydrogen-bond acceptors (Lipinski definition) is 7. The van der Waals surface area contributed by atoms with Crippen LogP contribution in [0.2, 0.25) is 0 Å². The molecule has 1 aliphatic heterocycles. The second kappa shape index (κ2) is 8.88. The Morgan fingerprint density at radius 3 is 2.38 bits per heavy atom. The van der Waals surface area contributed by atoms with E-state index in [2.05, 4.69) is 20.7 Å². The minimum atomic E-state index is -3.55. The number of nitrogens with one attached hydrogen (secondary N) is 1. The average Bonchev–Trinajstić information content (AvgIpc) is 2.77. The first-order chi connectivity index (χ1) is 11.4. The number of carbonyl (C=O) groups is 2. The lowest BCUT2D eigenvalue weighted by molar-refractivity contribution is 0.0664. The Kier molecular flexibility index (Phi) is 7.14. The van der Waals surface area contributed by atoms with Gasteiger partial charge in [0.15, 0.2) is 0 Å². The summed E-state index contributed by atoms with van der Waals surface area (Å²) in [5.74, 6) is 0.970. The Bertz CT molecular complexity index is 673. The van der Waals surface area contributed by atoms with Gasteiger partial charge in [-0.1, -0.05) is 12.1 Å². The van der Waals surface area contributed by atoms with Gasteiger partial charge >= 0.3 is 0 Å². The summed E-state index contributed by atoms with van der Waals surface area (Å²) < 4.78 is 23.9. The van der Waals surface area contributed by atoms with E-state index >= 15 is 0 Å². The van der Waals surface area contributed by atoms with Crippen LogP contribution in [-0.4, -0.2) is 63.2 Å². The van der Waals surface area contributed by atoms with Gasteiger partial charge in [-0.15, -0.1) is 0 Å². The lowest BCUT2D eigenvalue weighted by Crippen LogP contribution is -2.32. The van der Waals surface area contributed by atoms with Crippen LogP contribution in [0.1, 0.15) is 20.7 Å². The molecule has 0 spiro atoms. The third-order valence-electron chi connectivity index (χ3n) is 3.27. The highest BCUT2D eigenvalue weighted by molar-refractivity contribution is 8.27. The van der Waals surface area contributed by atoms with Gasteiger partial charge in [0.2, 0.25) is 0 Å². The van der Waals surface area contributed by atoms with Crippen LogP contribution in [0.15, 0.2) is 24.3 Å². The minimum Gasteiger partial charge on any atom is -0.314 e. The van der Waals surface area contributed by atoms with Crippen molar-refractivity contribution in [3.63, 3.8) is 0 Å². The zero-order chi connectivity index (χ0) is 17.6. The molecule has 7 nitrogen and oxygen atoms in total. The molecule has 1 aliphatic rings. The number of thioether (sulfide) groups is 1. The molecule has 1 aromatic carbocycles. The van der Waals surface area contributed by atoms with E-state index in [1.807, 2.05) is 0 Å². The minimum absolute atomic E-state index is 0.0680. The molecular formula is C14H18N2O5S3. The summed E-state index contributed by atoms with van der Waals surface area (Å²) in [6.07, 6.45) is 0. The summed E-state index contributed by atoms with van der Waals surface area (Å²) in [4.78, 5) is 25.6. The summed E-state index contributed by atoms with van der Waals surface area (Å²) >= 11 is 5.80. The SMILES string of the molecule is O=C1c2ccccc2C(=O)N1CCSCCNCCOS(=O)(O)=S. The van der Waals surface area contributed by atoms with E-state index in [-0.39, 0.29) is 18.4 Å². The first-order valence-electron chi connectivity index (χ1n) is 7.25. The van der Waals surface area contributed by atoms with Crippen molar-refractivity contribution in [2.45, 2.75) is 0 Å². The van der Waals surface area contributed by atoms with Crippen LogP contribution in [0.25, 0.3) is 0 Å². The molecule has 0 bridgehead atoms. The zero-order valence-electron chi connectivity index (χ0n) is 12.8. The van der Waals surface area contributed by atoms with Crippen LogP contribution in [0.5, 0.6) is 0 Å². The van der Waals surface area contributed by atoms with Gasteiger partial charge in [-0.2, -0.15) is 16.0 Å². The lowest BCUT2D eigenvalue weighted by Gasteiger charge is -2.13. The largest absolute Gasteiger partial charge is 0.314 e. The summed E-state index contributed by atoms with van der Waals surface area (Å²) in [5.41, 5.74) is 0.938. The number of amides is 2. The van der Waals surface area contributed by atoms with Crippen molar-refractivity contribution in [2.24, 2.45) is 0 Å². The quantitative estimate of drug-likeness (QED) is 0.446. The lowest BCUT2D eigenvalue weighted by atomic mass is 10.1. The van der Waals surface area contributed by atoms with Gasteiger partial charge in [-0.05, 0) is 12.1 Å². The van der Waals surface area contributed by atoms with Crippen LogP contribution in [-0.2, 0) is 24.4 Å². The maximum Gasteiger partial charge on any atom is 0.266 e. The number of benzene rings is 1. The Balaban J connectivity index is 1.59. The van der Waals surface area contributed by atoms with Crippen LogP contribution in [0, 0.1) is 0 Å². The molecule has 2 N–H and O–H groups in total. The van der Waals surface area contributed by atoms with E-state index in [4.69, 9.17) is 4.55 Å². The van der Waals surface area contributed by atoms with Gasteiger partial charge < -0.3 is 5.32 Å². The molecule has 24 heavy (non-hydrogen) atoms. The molecule has 1 atom stereocenters. The molecular weight excluding hydrogens is 372 g/mol. The van der Waals surface area contributed by atoms with E-state index < -0.39 is 9.05 Å². The molecule has 1 aromatic rings. The molecule has 2 rings (SSSR count). The predicted molar refractivity (Wildman–Crippen MR) is 96.1 cm³/mol. The van der Waals surface area contributed by atoms with Crippen LogP contribution in [0.3, 0.4) is 0 Å². The normalized spacial score (nSPS) is 16.3. The Hall–Kier alpha value is -1.04. The van der Waals surface area contributed by atoms with Crippen molar-refractivity contribution in [1.29, 1.82) is 0 Å². The third-order valence-corrected chi connectivity index (χ3v) is 4.99. The van der Waals surface area contributed by atoms with Crippen LogP contribution >= 0.6 is 11.8 Å². The van der Waals surface area contributed by atoms with E-state index in [1.165, 1.54) is 4.90 Å². The Morgan fingerprint density at radius 1 is 1.17 bits per heavy atom. The fourth-order valence-electron chi connectivity index (χ4n) is 2.19. The fourth-order valence-corrected chi connectivity index (χ4v) is 3.49. The molecule has 1 heterocycles. The van der Waals surface area contributed by atoms with E-state index in [0.717, 1.165) is 5.75 Å². The topological polar surface area (TPSA) is 95.9 Å². The van der Waals surface area contributed by atoms with Gasteiger partial charge in [0.05, 0.1) is 17.7 Å². The first kappa shape index (κ1) is 19.3. The smallest absolute Gasteiger partial charge is 0.266 e. The number of rotatable bonds is 10. The van der Waals surface area contributed by atoms with Gasteiger partial charge in [0, 0.05) is 42.3 Å². The number of carbonyl (C=O) groups excluding carboxylic acids is 2. The second-order valence-electron chi connectivity index (χ2n) is 4.92. The second-order valence-corrected chi connectivity index (χ2v) is 8.50. The summed E-state index contributed by atoms with van der Waals surface area (Å²) in [5, 5.41) is 3.04. The monoisotopic (exact) mass is 390 g/mol. The Labute approximate surface area is 149 Å². The molecule has 1 unspecified atom stereocenters. The van der Waals surface area contributed by atoms with Crippen LogP contribution < -0.4 is 5.32 Å². The van der Waals surface area contributed by atoms with E-state index in [9.17, 15) is 13.8 Å². The third kappa shape index (κ3) is 5.50. The Morgan fingerprint density at radius 2 is 1.79 bits per heavy atom. The fraction of sp³-hybridized carbons (Fsp3) is 0.429. The van der Waals surface area contributed by atoms with Crippen molar-refractivity contribution in [1.82, 2.24) is 10.2 Å². The molecule has 0 fully saturated rings. The van der Waals surface area contributed by atoms with E-state index in [0.29, 0.717) is 36.5 Å². The first-order valence-corrected chi connectivity index (χ1v) is 10.8. The summed E-state index contributed by atoms with van der Waals surface area (Å²) in [7, 11) is -3.55. The zero-order valence-corrected chi connectivity index (χ0v) is 15.3. The summed E-state index contributed by atoms with van der Waals surface area (Å²) in [6, 6.07) is 6.84. The van der Waals surface area contributed by atoms with E-state index in [1.54, 1.807) is 36.0 Å². The highest BCUT2D eigenvalue weighted by atomic mass is 32.9. The maximum atomic E-state index is 12.1. The maximum absolute atomic E-state index is 12.1. The van der Waals surface area contributed by atoms with Gasteiger partial charge in [0.1, 0.15) is 0 Å². The molecule has 0 saturated heterocycles. The molecule has 132 valence electrons. The van der Waals surface area contributed by atoms with Gasteiger partial charge in [-0.25, -0.2) is 0 Å². The van der Waals surface area contributed by atoms with Crippen molar-refractivity contribution >= 4 is 43.8 Å². The average molecular weight is 391 g/mol. The predicted octanol–water partition coefficient (Wildman–Crippen LogP) is 0.756. The van der Waals surface area contributed by atoms with Crippen molar-refractivity contribution in [3.8, 4) is 0 Å². The highest BCUT2D eigenvalue weighted by Gasteiger charge is 2.34. The van der Waals surface area contributed by atoms with Crippen molar-refractivity contribution < 1.29 is 22.5 Å². The molecule has 0 aromatic heterocycles. The molecule has 10 heteroatoms. The van der Waals surface area contributed by atoms with Gasteiger partial charge in [0.25, 0.3) is 20.9 Å². The summed E-state index contributed by atoms with van der Waals surface area (Å²) in [6.45, 7) is 1.55. The molecule has 0 radical (unpaired) electrons.